The second-order valence-electron chi connectivity index (χ2n) is 11.4. The molecule has 0 radical (unpaired) electrons. The van der Waals surface area contributed by atoms with E-state index in [2.05, 4.69) is 41.9 Å². The zero-order chi connectivity index (χ0) is 34.9. The van der Waals surface area contributed by atoms with Gasteiger partial charge in [0, 0.05) is 35.8 Å². The summed E-state index contributed by atoms with van der Waals surface area (Å²) in [5, 5.41) is 8.26. The van der Waals surface area contributed by atoms with Crippen LogP contribution in [0.3, 0.4) is 0 Å². The van der Waals surface area contributed by atoms with Crippen LogP contribution in [0, 0.1) is 18.8 Å². The summed E-state index contributed by atoms with van der Waals surface area (Å²) in [6.45, 7) is 3.68. The van der Waals surface area contributed by atoms with Crippen molar-refractivity contribution in [3.8, 4) is 28.8 Å². The number of anilines is 2. The predicted molar refractivity (Wildman–Crippen MR) is 187 cm³/mol. The standard InChI is InChI=1S/C35H31N9O4S/c1-21(40-34(45)32-33(36)38-20-29(41-32)26-15-27(19-37-17-26)42-49(4,47)48)30-16-24-10-8-9-23(13-14-25-18-39-43(3)22(25)2)31(24)35(46)44(30)28-11-6-5-7-12-28/h5-12,15-21,42H,1-4H3,(H2,36,38)(H,40,45)/t21-/m0/s1. The van der Waals surface area contributed by atoms with E-state index < -0.39 is 22.0 Å². The second-order valence-corrected chi connectivity index (χ2v) is 13.1. The van der Waals surface area contributed by atoms with Gasteiger partial charge in [-0.25, -0.2) is 18.4 Å². The van der Waals surface area contributed by atoms with Crippen LogP contribution in [0.1, 0.15) is 46.0 Å². The molecule has 14 heteroatoms. The molecule has 0 aliphatic heterocycles. The summed E-state index contributed by atoms with van der Waals surface area (Å²) in [5.41, 5.74) is 9.87. The lowest BCUT2D eigenvalue weighted by molar-refractivity contribution is 0.0934. The van der Waals surface area contributed by atoms with Crippen LogP contribution < -0.4 is 21.3 Å². The van der Waals surface area contributed by atoms with Crippen molar-refractivity contribution in [3.05, 3.63) is 124 Å². The van der Waals surface area contributed by atoms with Gasteiger partial charge < -0.3 is 11.1 Å². The molecule has 0 bridgehead atoms. The minimum absolute atomic E-state index is 0.113. The van der Waals surface area contributed by atoms with Gasteiger partial charge in [-0.1, -0.05) is 42.2 Å². The Labute approximate surface area is 281 Å². The first-order chi connectivity index (χ1) is 23.4. The zero-order valence-corrected chi connectivity index (χ0v) is 27.8. The number of hydrogen-bond donors (Lipinski definition) is 3. The number of para-hydroxylation sites is 1. The predicted octanol–water partition coefficient (Wildman–Crippen LogP) is 3.73. The van der Waals surface area contributed by atoms with E-state index in [1.54, 1.807) is 28.4 Å². The lowest BCUT2D eigenvalue weighted by Crippen LogP contribution is -2.33. The summed E-state index contributed by atoms with van der Waals surface area (Å²) in [5.74, 6) is 5.57. The van der Waals surface area contributed by atoms with Crippen LogP contribution in [0.2, 0.25) is 0 Å². The monoisotopic (exact) mass is 673 g/mol. The van der Waals surface area contributed by atoms with Crippen molar-refractivity contribution in [1.29, 1.82) is 0 Å². The summed E-state index contributed by atoms with van der Waals surface area (Å²) in [6, 6.07) is 17.3. The van der Waals surface area contributed by atoms with E-state index in [4.69, 9.17) is 5.73 Å². The summed E-state index contributed by atoms with van der Waals surface area (Å²) in [7, 11) is -1.71. The lowest BCUT2D eigenvalue weighted by Gasteiger charge is -2.21. The van der Waals surface area contributed by atoms with Gasteiger partial charge in [0.05, 0.1) is 58.9 Å². The number of hydrogen-bond acceptors (Lipinski definition) is 9. The number of benzene rings is 2. The van der Waals surface area contributed by atoms with Crippen LogP contribution >= 0.6 is 0 Å². The molecule has 0 unspecified atom stereocenters. The number of nitrogens with one attached hydrogen (secondary N) is 2. The van der Waals surface area contributed by atoms with Crippen molar-refractivity contribution in [2.75, 3.05) is 16.7 Å². The van der Waals surface area contributed by atoms with Crippen molar-refractivity contribution < 1.29 is 13.2 Å². The fourth-order valence-corrected chi connectivity index (χ4v) is 5.84. The highest BCUT2D eigenvalue weighted by molar-refractivity contribution is 7.92. The van der Waals surface area contributed by atoms with Gasteiger partial charge in [-0.3, -0.25) is 28.5 Å². The van der Waals surface area contributed by atoms with Crippen molar-refractivity contribution in [3.63, 3.8) is 0 Å². The Balaban J connectivity index is 1.39. The Morgan fingerprint density at radius 1 is 0.980 bits per heavy atom. The highest BCUT2D eigenvalue weighted by atomic mass is 32.2. The summed E-state index contributed by atoms with van der Waals surface area (Å²) in [6.07, 6.45) is 6.88. The maximum atomic E-state index is 14.4. The molecule has 6 aromatic rings. The van der Waals surface area contributed by atoms with Gasteiger partial charge in [-0.2, -0.15) is 5.10 Å². The molecule has 4 N–H and O–H groups in total. The van der Waals surface area contributed by atoms with E-state index in [0.717, 1.165) is 17.5 Å². The number of pyridine rings is 2. The van der Waals surface area contributed by atoms with Crippen molar-refractivity contribution in [2.24, 2.45) is 7.05 Å². The van der Waals surface area contributed by atoms with Crippen LogP contribution in [0.4, 0.5) is 11.5 Å². The Morgan fingerprint density at radius 2 is 1.73 bits per heavy atom. The molecule has 0 saturated heterocycles. The van der Waals surface area contributed by atoms with E-state index in [1.165, 1.54) is 24.7 Å². The molecule has 0 saturated carbocycles. The lowest BCUT2D eigenvalue weighted by atomic mass is 10.0. The zero-order valence-electron chi connectivity index (χ0n) is 27.0. The molecule has 246 valence electrons. The second kappa shape index (κ2) is 13.1. The molecule has 6 rings (SSSR count). The van der Waals surface area contributed by atoms with Gasteiger partial charge in [-0.15, -0.1) is 0 Å². The largest absolute Gasteiger partial charge is 0.382 e. The highest BCUT2D eigenvalue weighted by Crippen LogP contribution is 2.25. The molecule has 13 nitrogen and oxygen atoms in total. The maximum absolute atomic E-state index is 14.4. The number of carbonyl (C=O) groups is 1. The average Bonchev–Trinajstić information content (AvgIpc) is 3.39. The minimum atomic E-state index is -3.55. The molecular formula is C35H31N9O4S. The number of rotatable bonds is 7. The first kappa shape index (κ1) is 32.6. The molecule has 0 aliphatic rings. The first-order valence-electron chi connectivity index (χ1n) is 15.0. The molecule has 1 amide bonds. The number of nitrogens with zero attached hydrogens (tertiary/aromatic N) is 6. The molecular weight excluding hydrogens is 643 g/mol. The molecule has 4 aromatic heterocycles. The maximum Gasteiger partial charge on any atom is 0.274 e. The molecule has 0 fully saturated rings. The smallest absolute Gasteiger partial charge is 0.274 e. The van der Waals surface area contributed by atoms with Crippen molar-refractivity contribution >= 4 is 38.2 Å². The number of aromatic nitrogens is 6. The molecule has 0 aliphatic carbocycles. The SMILES string of the molecule is Cc1c(C#Cc2cccc3cc([C@H](C)NC(=O)c4nc(-c5cncc(NS(C)(=O)=O)c5)cnc4N)n(-c4ccccc4)c(=O)c23)cnn1C. The Morgan fingerprint density at radius 3 is 2.45 bits per heavy atom. The number of sulfonamides is 1. The number of nitrogens with two attached hydrogens (primary N) is 1. The molecule has 0 spiro atoms. The van der Waals surface area contributed by atoms with Gasteiger partial charge in [0.1, 0.15) is 0 Å². The molecule has 4 heterocycles. The minimum Gasteiger partial charge on any atom is -0.382 e. The van der Waals surface area contributed by atoms with Gasteiger partial charge >= 0.3 is 0 Å². The van der Waals surface area contributed by atoms with E-state index in [9.17, 15) is 18.0 Å². The normalized spacial score (nSPS) is 11.8. The number of aryl methyl sites for hydroxylation is 1. The number of fused-ring (bicyclic) bond motifs is 1. The van der Waals surface area contributed by atoms with Crippen molar-refractivity contribution in [2.45, 2.75) is 19.9 Å². The molecule has 49 heavy (non-hydrogen) atoms. The molecule has 1 atom stereocenters. The Hall–Kier alpha value is -6.33. The van der Waals surface area contributed by atoms with Gasteiger partial charge in [0.25, 0.3) is 11.5 Å². The third-order valence-electron chi connectivity index (χ3n) is 7.80. The Bertz CT molecular complexity index is 2480. The van der Waals surface area contributed by atoms with Gasteiger partial charge in [-0.05, 0) is 49.6 Å². The molecule has 2 aromatic carbocycles. The van der Waals surface area contributed by atoms with Crippen LogP contribution in [0.25, 0.3) is 27.7 Å². The van der Waals surface area contributed by atoms with Gasteiger partial charge in [0.15, 0.2) is 11.5 Å². The third kappa shape index (κ3) is 6.87. The van der Waals surface area contributed by atoms with Gasteiger partial charge in [0.2, 0.25) is 10.0 Å². The first-order valence-corrected chi connectivity index (χ1v) is 16.9. The van der Waals surface area contributed by atoms with E-state index in [0.29, 0.717) is 33.3 Å². The third-order valence-corrected chi connectivity index (χ3v) is 8.41. The summed E-state index contributed by atoms with van der Waals surface area (Å²) < 4.78 is 29.1. The number of nitrogen functional groups attached to an aromatic ring is 1. The van der Waals surface area contributed by atoms with E-state index in [-0.39, 0.29) is 28.5 Å². The van der Waals surface area contributed by atoms with Crippen LogP contribution in [0.5, 0.6) is 0 Å². The van der Waals surface area contributed by atoms with Crippen LogP contribution in [-0.2, 0) is 17.1 Å². The van der Waals surface area contributed by atoms with E-state index >= 15 is 0 Å². The highest BCUT2D eigenvalue weighted by Gasteiger charge is 2.22. The quantitative estimate of drug-likeness (QED) is 0.213. The summed E-state index contributed by atoms with van der Waals surface area (Å²) in [4.78, 5) is 40.7. The van der Waals surface area contributed by atoms with E-state index in [1.807, 2.05) is 62.5 Å². The van der Waals surface area contributed by atoms with Crippen LogP contribution in [-0.4, -0.2) is 49.9 Å². The fourth-order valence-electron chi connectivity index (χ4n) is 5.30. The topological polar surface area (TPSA) is 180 Å². The van der Waals surface area contributed by atoms with Crippen LogP contribution in [0.15, 0.2) is 90.2 Å². The number of carbonyl (C=O) groups excluding carboxylic acids is 1. The fraction of sp³-hybridized carbons (Fsp3) is 0.143. The van der Waals surface area contributed by atoms with Crippen molar-refractivity contribution in [1.82, 2.24) is 34.6 Å². The summed E-state index contributed by atoms with van der Waals surface area (Å²) >= 11 is 0. The number of amides is 1. The Kier molecular flexibility index (Phi) is 8.68. The average molecular weight is 674 g/mol.